The minimum atomic E-state index is -0.201. The van der Waals surface area contributed by atoms with Crippen LogP contribution in [0.25, 0.3) is 23.2 Å². The molecule has 4 aromatic rings. The van der Waals surface area contributed by atoms with E-state index in [0.717, 1.165) is 30.4 Å². The van der Waals surface area contributed by atoms with E-state index in [1.165, 1.54) is 15.9 Å². The van der Waals surface area contributed by atoms with Gasteiger partial charge in [0.1, 0.15) is 0 Å². The van der Waals surface area contributed by atoms with Gasteiger partial charge in [0.2, 0.25) is 4.96 Å². The maximum Gasteiger partial charge on any atom is 0.291 e. The minimum Gasteiger partial charge on any atom is -0.493 e. The fourth-order valence-corrected chi connectivity index (χ4v) is 4.28. The first kappa shape index (κ1) is 23.0. The second kappa shape index (κ2) is 10.6. The second-order valence-electron chi connectivity index (χ2n) is 7.43. The summed E-state index contributed by atoms with van der Waals surface area (Å²) < 4.78 is 13.2. The van der Waals surface area contributed by atoms with E-state index >= 15 is 0 Å². The van der Waals surface area contributed by atoms with Crippen LogP contribution in [0.3, 0.4) is 0 Å². The van der Waals surface area contributed by atoms with Crippen LogP contribution in [0.5, 0.6) is 11.5 Å². The maximum absolute atomic E-state index is 12.8. The molecule has 2 aromatic carbocycles. The molecule has 0 spiro atoms. The molecule has 4 rings (SSSR count). The van der Waals surface area contributed by atoms with Crippen LogP contribution >= 0.6 is 22.9 Å². The predicted molar refractivity (Wildman–Crippen MR) is 134 cm³/mol. The summed E-state index contributed by atoms with van der Waals surface area (Å²) in [5.74, 6) is 1.82. The molecule has 0 bridgehead atoms. The molecular weight excluding hydrogens is 458 g/mol. The molecule has 0 aliphatic heterocycles. The van der Waals surface area contributed by atoms with Gasteiger partial charge < -0.3 is 9.47 Å². The lowest BCUT2D eigenvalue weighted by molar-refractivity contribution is 0.286. The Morgan fingerprint density at radius 1 is 1.06 bits per heavy atom. The van der Waals surface area contributed by atoms with Gasteiger partial charge in [0.25, 0.3) is 5.56 Å². The van der Waals surface area contributed by atoms with Crippen LogP contribution in [-0.4, -0.2) is 28.3 Å². The first-order valence-electron chi connectivity index (χ1n) is 10.7. The summed E-state index contributed by atoms with van der Waals surface area (Å²) >= 11 is 7.21. The summed E-state index contributed by atoms with van der Waals surface area (Å²) in [4.78, 5) is 17.8. The van der Waals surface area contributed by atoms with Gasteiger partial charge in [-0.1, -0.05) is 67.0 Å². The van der Waals surface area contributed by atoms with Crippen molar-refractivity contribution in [3.63, 3.8) is 0 Å². The van der Waals surface area contributed by atoms with Gasteiger partial charge in [0.15, 0.2) is 17.3 Å². The van der Waals surface area contributed by atoms with Crippen LogP contribution in [0.1, 0.15) is 43.1 Å². The van der Waals surface area contributed by atoms with E-state index in [9.17, 15) is 4.79 Å². The van der Waals surface area contributed by atoms with Crippen LogP contribution in [0.4, 0.5) is 0 Å². The lowest BCUT2D eigenvalue weighted by atomic mass is 10.2. The van der Waals surface area contributed by atoms with E-state index in [4.69, 9.17) is 21.1 Å². The summed E-state index contributed by atoms with van der Waals surface area (Å²) in [6.07, 6.45) is 8.75. The van der Waals surface area contributed by atoms with Crippen LogP contribution in [0.15, 0.2) is 47.3 Å². The van der Waals surface area contributed by atoms with Crippen molar-refractivity contribution in [2.24, 2.45) is 0 Å². The van der Waals surface area contributed by atoms with Crippen LogP contribution in [0.2, 0.25) is 5.02 Å². The Hall–Kier alpha value is -3.16. The summed E-state index contributed by atoms with van der Waals surface area (Å²) in [5.41, 5.74) is 1.62. The normalized spacial score (nSPS) is 12.2. The molecule has 2 aromatic heterocycles. The highest BCUT2D eigenvalue weighted by Crippen LogP contribution is 2.28. The zero-order chi connectivity index (χ0) is 23.2. The molecule has 0 atom stereocenters. The van der Waals surface area contributed by atoms with Gasteiger partial charge in [0, 0.05) is 5.02 Å². The number of rotatable bonds is 9. The Kier molecular flexibility index (Phi) is 7.42. The predicted octanol–water partition coefficient (Wildman–Crippen LogP) is 5.10. The van der Waals surface area contributed by atoms with Gasteiger partial charge in [-0.15, -0.1) is 5.10 Å². The molecule has 2 heterocycles. The fraction of sp³-hybridized carbons (Fsp3) is 0.240. The van der Waals surface area contributed by atoms with Gasteiger partial charge in [-0.25, -0.2) is 0 Å². The van der Waals surface area contributed by atoms with Crippen molar-refractivity contribution < 1.29 is 9.47 Å². The summed E-state index contributed by atoms with van der Waals surface area (Å²) in [5, 5.41) is 5.01. The number of aromatic nitrogens is 3. The van der Waals surface area contributed by atoms with Crippen molar-refractivity contribution >= 4 is 46.1 Å². The topological polar surface area (TPSA) is 65.7 Å². The Balaban J connectivity index is 1.55. The number of fused-ring (bicyclic) bond motifs is 1. The molecule has 6 nitrogen and oxygen atoms in total. The van der Waals surface area contributed by atoms with Crippen molar-refractivity contribution in [1.29, 1.82) is 0 Å². The Bertz CT molecular complexity index is 1380. The first-order chi connectivity index (χ1) is 16.1. The standard InChI is InChI=1S/C25H24ClN3O3S/c1-3-4-5-14-32-20-12-8-18(15-21(20)31-2)16-22-24(30)29-25(33-22)27-23(28-29)13-9-17-6-10-19(26)11-7-17/h6-13,15-16H,3-5,14H2,1-2H3/b13-9+,22-16-. The number of thiazole rings is 1. The molecule has 170 valence electrons. The van der Waals surface area contributed by atoms with Crippen molar-refractivity contribution in [3.8, 4) is 11.5 Å². The van der Waals surface area contributed by atoms with E-state index in [1.807, 2.05) is 54.6 Å². The number of benzene rings is 2. The van der Waals surface area contributed by atoms with Crippen LogP contribution in [-0.2, 0) is 0 Å². The van der Waals surface area contributed by atoms with E-state index in [2.05, 4.69) is 17.0 Å². The van der Waals surface area contributed by atoms with Gasteiger partial charge in [-0.3, -0.25) is 4.79 Å². The van der Waals surface area contributed by atoms with Crippen molar-refractivity contribution in [1.82, 2.24) is 14.6 Å². The van der Waals surface area contributed by atoms with E-state index in [-0.39, 0.29) is 5.56 Å². The molecule has 8 heteroatoms. The van der Waals surface area contributed by atoms with Crippen LogP contribution in [0, 0.1) is 0 Å². The largest absolute Gasteiger partial charge is 0.493 e. The summed E-state index contributed by atoms with van der Waals surface area (Å²) in [7, 11) is 1.61. The molecule has 0 saturated carbocycles. The third-order valence-corrected chi connectivity index (χ3v) is 6.20. The molecule has 0 aliphatic carbocycles. The molecule has 0 fully saturated rings. The molecule has 0 radical (unpaired) electrons. The quantitative estimate of drug-likeness (QED) is 0.311. The molecule has 0 saturated heterocycles. The second-order valence-corrected chi connectivity index (χ2v) is 8.88. The zero-order valence-electron chi connectivity index (χ0n) is 18.5. The van der Waals surface area contributed by atoms with E-state index < -0.39 is 0 Å². The average molecular weight is 482 g/mol. The van der Waals surface area contributed by atoms with E-state index in [1.54, 1.807) is 13.2 Å². The number of hydrogen-bond acceptors (Lipinski definition) is 6. The summed E-state index contributed by atoms with van der Waals surface area (Å²) in [6.45, 7) is 2.81. The molecule has 33 heavy (non-hydrogen) atoms. The molecular formula is C25H24ClN3O3S. The molecule has 0 unspecified atom stereocenters. The number of ether oxygens (including phenoxy) is 2. The number of methoxy groups -OCH3 is 1. The third kappa shape index (κ3) is 5.61. The molecule has 0 amide bonds. The van der Waals surface area contributed by atoms with Crippen molar-refractivity contribution in [3.05, 3.63) is 79.3 Å². The van der Waals surface area contributed by atoms with Gasteiger partial charge in [-0.05, 0) is 54.0 Å². The SMILES string of the molecule is CCCCCOc1ccc(/C=c2\sc3nc(/C=C/c4ccc(Cl)cc4)nn3c2=O)cc1OC. The zero-order valence-corrected chi connectivity index (χ0v) is 20.0. The highest BCUT2D eigenvalue weighted by Gasteiger charge is 2.10. The third-order valence-electron chi connectivity index (χ3n) is 4.98. The van der Waals surface area contributed by atoms with Gasteiger partial charge in [-0.2, -0.15) is 9.50 Å². The fourth-order valence-electron chi connectivity index (χ4n) is 3.24. The Morgan fingerprint density at radius 3 is 2.58 bits per heavy atom. The van der Waals surface area contributed by atoms with Gasteiger partial charge >= 0.3 is 0 Å². The smallest absolute Gasteiger partial charge is 0.291 e. The monoisotopic (exact) mass is 481 g/mol. The number of halogens is 1. The average Bonchev–Trinajstić information content (AvgIpc) is 3.35. The highest BCUT2D eigenvalue weighted by atomic mass is 35.5. The lowest BCUT2D eigenvalue weighted by Crippen LogP contribution is -2.23. The van der Waals surface area contributed by atoms with Crippen molar-refractivity contribution in [2.45, 2.75) is 26.2 Å². The van der Waals surface area contributed by atoms with Crippen LogP contribution < -0.4 is 19.6 Å². The Morgan fingerprint density at radius 2 is 1.85 bits per heavy atom. The maximum atomic E-state index is 12.8. The lowest BCUT2D eigenvalue weighted by Gasteiger charge is -2.11. The first-order valence-corrected chi connectivity index (χ1v) is 11.9. The molecule has 0 N–H and O–H groups in total. The molecule has 0 aliphatic rings. The number of nitrogens with zero attached hydrogens (tertiary/aromatic N) is 3. The van der Waals surface area contributed by atoms with E-state index in [0.29, 0.717) is 38.4 Å². The highest BCUT2D eigenvalue weighted by molar-refractivity contribution is 7.15. The van der Waals surface area contributed by atoms with Gasteiger partial charge in [0.05, 0.1) is 18.2 Å². The van der Waals surface area contributed by atoms with Crippen molar-refractivity contribution in [2.75, 3.05) is 13.7 Å². The summed E-state index contributed by atoms with van der Waals surface area (Å²) in [6, 6.07) is 13.1. The number of unbranched alkanes of at least 4 members (excludes halogenated alkanes) is 2. The number of hydrogen-bond donors (Lipinski definition) is 0. The Labute approximate surface area is 200 Å². The minimum absolute atomic E-state index is 0.201.